The molecule has 3 rings (SSSR count). The lowest BCUT2D eigenvalue weighted by molar-refractivity contribution is -0.301. The van der Waals surface area contributed by atoms with Crippen molar-refractivity contribution in [2.75, 3.05) is 5.75 Å². The number of aryl methyl sites for hydroxylation is 1. The summed E-state index contributed by atoms with van der Waals surface area (Å²) in [6.07, 6.45) is 1.68. The Morgan fingerprint density at radius 3 is 2.87 bits per heavy atom. The zero-order valence-electron chi connectivity index (χ0n) is 12.6. The quantitative estimate of drug-likeness (QED) is 0.703. The van der Waals surface area contributed by atoms with E-state index in [2.05, 4.69) is 10.4 Å². The summed E-state index contributed by atoms with van der Waals surface area (Å²) in [5.41, 5.74) is 0.733. The molecule has 0 aromatic carbocycles. The largest absolute Gasteiger partial charge is 0.543 e. The Hall–Kier alpha value is -2.29. The van der Waals surface area contributed by atoms with Crippen molar-refractivity contribution in [1.82, 2.24) is 20.0 Å². The number of carbonyl (C=O) groups is 3. The molecule has 1 fully saturated rings. The van der Waals surface area contributed by atoms with Crippen LogP contribution in [0.2, 0.25) is 0 Å². The first kappa shape index (κ1) is 15.6. The third-order valence-electron chi connectivity index (χ3n) is 3.84. The van der Waals surface area contributed by atoms with Gasteiger partial charge in [0.15, 0.2) is 0 Å². The fraction of sp³-hybridized carbons (Fsp3) is 0.429. The zero-order valence-corrected chi connectivity index (χ0v) is 13.4. The summed E-state index contributed by atoms with van der Waals surface area (Å²) < 4.78 is 1.61. The van der Waals surface area contributed by atoms with Crippen LogP contribution in [0, 0.1) is 0 Å². The van der Waals surface area contributed by atoms with Gasteiger partial charge in [-0.3, -0.25) is 19.2 Å². The van der Waals surface area contributed by atoms with Gasteiger partial charge < -0.3 is 15.2 Å². The molecule has 9 heteroatoms. The number of carboxylic acids is 1. The number of hydrogen-bond acceptors (Lipinski definition) is 6. The van der Waals surface area contributed by atoms with Gasteiger partial charge in [-0.05, 0) is 25.5 Å². The van der Waals surface area contributed by atoms with E-state index in [9.17, 15) is 19.5 Å². The predicted octanol–water partition coefficient (Wildman–Crippen LogP) is -1.06. The standard InChI is InChI=1S/C14H16N4O4S/c1-3-17-5-4-8(16-17)11(19)15-9-12(20)18-10(14(21)22)7(2)6-23-13(9)18/h4-5,9,13H,3,6H2,1-2H3,(H,15,19)(H,21,22)/p-1/t9-,13+/m0/s1. The van der Waals surface area contributed by atoms with Crippen LogP contribution in [0.15, 0.2) is 23.5 Å². The molecule has 122 valence electrons. The van der Waals surface area contributed by atoms with Crippen LogP contribution in [0.4, 0.5) is 0 Å². The highest BCUT2D eigenvalue weighted by Gasteiger charge is 2.52. The Labute approximate surface area is 136 Å². The van der Waals surface area contributed by atoms with E-state index in [0.717, 1.165) is 0 Å². The van der Waals surface area contributed by atoms with Crippen LogP contribution < -0.4 is 10.4 Å². The number of β-lactam (4-membered cyclic amide) rings is 1. The molecular weight excluding hydrogens is 320 g/mol. The summed E-state index contributed by atoms with van der Waals surface area (Å²) in [5, 5.41) is 17.5. The van der Waals surface area contributed by atoms with E-state index in [1.807, 2.05) is 6.92 Å². The number of nitrogens with zero attached hydrogens (tertiary/aromatic N) is 3. The maximum atomic E-state index is 12.2. The average molecular weight is 335 g/mol. The van der Waals surface area contributed by atoms with Crippen LogP contribution in [-0.2, 0) is 16.1 Å². The fourth-order valence-electron chi connectivity index (χ4n) is 2.64. The van der Waals surface area contributed by atoms with Crippen LogP contribution in [0.5, 0.6) is 0 Å². The Balaban J connectivity index is 1.73. The molecule has 2 aliphatic heterocycles. The number of nitrogens with one attached hydrogen (secondary N) is 1. The van der Waals surface area contributed by atoms with Crippen LogP contribution in [0.1, 0.15) is 24.3 Å². The van der Waals surface area contributed by atoms with E-state index in [-0.39, 0.29) is 11.4 Å². The maximum Gasteiger partial charge on any atom is 0.272 e. The van der Waals surface area contributed by atoms with Crippen molar-refractivity contribution in [2.24, 2.45) is 0 Å². The molecule has 2 atom stereocenters. The summed E-state index contributed by atoms with van der Waals surface area (Å²) in [5.74, 6) is -1.78. The fourth-order valence-corrected chi connectivity index (χ4v) is 3.93. The number of aromatic nitrogens is 2. The number of hydrogen-bond donors (Lipinski definition) is 1. The normalized spacial score (nSPS) is 23.4. The summed E-state index contributed by atoms with van der Waals surface area (Å²) in [6, 6.07) is 0.825. The number of fused-ring (bicyclic) bond motifs is 1. The number of thioether (sulfide) groups is 1. The summed E-state index contributed by atoms with van der Waals surface area (Å²) in [4.78, 5) is 36.8. The molecule has 0 unspecified atom stereocenters. The van der Waals surface area contributed by atoms with Gasteiger partial charge in [-0.2, -0.15) is 5.10 Å². The molecule has 0 bridgehead atoms. The smallest absolute Gasteiger partial charge is 0.272 e. The molecule has 2 amide bonds. The lowest BCUT2D eigenvalue weighted by Crippen LogP contribution is -2.71. The first-order chi connectivity index (χ1) is 10.9. The second-order valence-electron chi connectivity index (χ2n) is 5.33. The highest BCUT2D eigenvalue weighted by Crippen LogP contribution is 2.39. The molecule has 1 aromatic rings. The van der Waals surface area contributed by atoms with Crippen molar-refractivity contribution >= 4 is 29.5 Å². The van der Waals surface area contributed by atoms with Gasteiger partial charge in [-0.25, -0.2) is 0 Å². The van der Waals surface area contributed by atoms with Gasteiger partial charge in [0, 0.05) is 18.5 Å². The number of amides is 2. The number of rotatable bonds is 4. The third kappa shape index (κ3) is 2.50. The van der Waals surface area contributed by atoms with Crippen molar-refractivity contribution in [3.05, 3.63) is 29.2 Å². The molecule has 2 aliphatic rings. The van der Waals surface area contributed by atoms with E-state index in [0.29, 0.717) is 17.9 Å². The van der Waals surface area contributed by atoms with Crippen LogP contribution in [0.3, 0.4) is 0 Å². The van der Waals surface area contributed by atoms with Gasteiger partial charge in [0.1, 0.15) is 17.1 Å². The zero-order chi connectivity index (χ0) is 16.7. The van der Waals surface area contributed by atoms with Gasteiger partial charge in [0.05, 0.1) is 11.7 Å². The molecule has 1 N–H and O–H groups in total. The van der Waals surface area contributed by atoms with E-state index in [1.165, 1.54) is 16.7 Å². The van der Waals surface area contributed by atoms with Gasteiger partial charge >= 0.3 is 0 Å². The molecule has 1 saturated heterocycles. The Morgan fingerprint density at radius 1 is 1.52 bits per heavy atom. The topological polar surface area (TPSA) is 107 Å². The lowest BCUT2D eigenvalue weighted by Gasteiger charge is -2.50. The van der Waals surface area contributed by atoms with E-state index in [1.54, 1.807) is 23.9 Å². The van der Waals surface area contributed by atoms with Crippen LogP contribution >= 0.6 is 11.8 Å². The highest BCUT2D eigenvalue weighted by atomic mass is 32.2. The molecule has 8 nitrogen and oxygen atoms in total. The predicted molar refractivity (Wildman–Crippen MR) is 80.0 cm³/mol. The molecule has 0 aliphatic carbocycles. The number of carboxylic acid groups (broad SMARTS) is 1. The number of carbonyl (C=O) groups excluding carboxylic acids is 3. The highest BCUT2D eigenvalue weighted by molar-refractivity contribution is 8.00. The second kappa shape index (κ2) is 5.73. The molecular formula is C14H15N4O4S-. The molecule has 23 heavy (non-hydrogen) atoms. The summed E-state index contributed by atoms with van der Waals surface area (Å²) in [6.45, 7) is 4.20. The van der Waals surface area contributed by atoms with Crippen LogP contribution in [0.25, 0.3) is 0 Å². The van der Waals surface area contributed by atoms with Gasteiger partial charge in [0.25, 0.3) is 11.8 Å². The van der Waals surface area contributed by atoms with E-state index >= 15 is 0 Å². The molecule has 0 saturated carbocycles. The molecule has 1 aromatic heterocycles. The first-order valence-corrected chi connectivity index (χ1v) is 8.19. The minimum Gasteiger partial charge on any atom is -0.543 e. The second-order valence-corrected chi connectivity index (χ2v) is 6.44. The number of aliphatic carboxylic acids is 1. The van der Waals surface area contributed by atoms with Crippen molar-refractivity contribution in [3.63, 3.8) is 0 Å². The van der Waals surface area contributed by atoms with Crippen LogP contribution in [-0.4, -0.2) is 49.6 Å². The minimum atomic E-state index is -1.37. The average Bonchev–Trinajstić information content (AvgIpc) is 3.01. The minimum absolute atomic E-state index is 0.0838. The van der Waals surface area contributed by atoms with Crippen molar-refractivity contribution in [2.45, 2.75) is 31.8 Å². The molecule has 0 spiro atoms. The summed E-state index contributed by atoms with van der Waals surface area (Å²) in [7, 11) is 0. The van der Waals surface area contributed by atoms with E-state index < -0.39 is 29.2 Å². The third-order valence-corrected chi connectivity index (χ3v) is 5.26. The summed E-state index contributed by atoms with van der Waals surface area (Å²) >= 11 is 1.42. The van der Waals surface area contributed by atoms with E-state index in [4.69, 9.17) is 0 Å². The van der Waals surface area contributed by atoms with Crippen molar-refractivity contribution in [1.29, 1.82) is 0 Å². The monoisotopic (exact) mass is 335 g/mol. The Kier molecular flexibility index (Phi) is 3.88. The van der Waals surface area contributed by atoms with Crippen molar-refractivity contribution in [3.8, 4) is 0 Å². The van der Waals surface area contributed by atoms with Gasteiger partial charge in [0.2, 0.25) is 0 Å². The lowest BCUT2D eigenvalue weighted by atomic mass is 10.0. The SMILES string of the molecule is CCn1ccc(C(=O)N[C@H]2C(=O)N3C(C(=O)[O-])=C(C)CS[C@H]23)n1. The Morgan fingerprint density at radius 2 is 2.26 bits per heavy atom. The van der Waals surface area contributed by atoms with Gasteiger partial charge in [-0.15, -0.1) is 11.8 Å². The Bertz CT molecular complexity index is 726. The molecule has 0 radical (unpaired) electrons. The maximum absolute atomic E-state index is 12.2. The van der Waals surface area contributed by atoms with Gasteiger partial charge in [-0.1, -0.05) is 0 Å². The first-order valence-electron chi connectivity index (χ1n) is 7.14. The molecule has 3 heterocycles. The van der Waals surface area contributed by atoms with Crippen molar-refractivity contribution < 1.29 is 19.5 Å².